The SMILES string of the molecule is CCOc1cc(CNc2cc(C)ccc2C)cc(Br)c1OCc1ccccc1. The lowest BCUT2D eigenvalue weighted by Crippen LogP contribution is -2.04. The molecule has 0 saturated heterocycles. The Bertz CT molecular complexity index is 925. The Morgan fingerprint density at radius 2 is 1.68 bits per heavy atom. The first-order valence-electron chi connectivity index (χ1n) is 9.50. The highest BCUT2D eigenvalue weighted by Crippen LogP contribution is 2.37. The van der Waals surface area contributed by atoms with Crippen molar-refractivity contribution in [1.29, 1.82) is 0 Å². The van der Waals surface area contributed by atoms with Crippen molar-refractivity contribution in [2.75, 3.05) is 11.9 Å². The zero-order valence-electron chi connectivity index (χ0n) is 16.6. The molecule has 4 heteroatoms. The molecule has 0 aliphatic carbocycles. The molecule has 3 rings (SSSR count). The monoisotopic (exact) mass is 439 g/mol. The minimum Gasteiger partial charge on any atom is -0.490 e. The van der Waals surface area contributed by atoms with Crippen molar-refractivity contribution < 1.29 is 9.47 Å². The first kappa shape index (κ1) is 20.3. The molecular weight excluding hydrogens is 414 g/mol. The Kier molecular flexibility index (Phi) is 6.99. The maximum Gasteiger partial charge on any atom is 0.175 e. The van der Waals surface area contributed by atoms with Crippen molar-refractivity contribution in [3.8, 4) is 11.5 Å². The number of rotatable bonds is 8. The summed E-state index contributed by atoms with van der Waals surface area (Å²) in [5.41, 5.74) is 5.88. The molecule has 0 radical (unpaired) electrons. The van der Waals surface area contributed by atoms with Crippen LogP contribution in [0, 0.1) is 13.8 Å². The van der Waals surface area contributed by atoms with E-state index >= 15 is 0 Å². The van der Waals surface area contributed by atoms with E-state index < -0.39 is 0 Å². The Labute approximate surface area is 175 Å². The third-order valence-corrected chi connectivity index (χ3v) is 5.06. The van der Waals surface area contributed by atoms with Crippen LogP contribution in [0.25, 0.3) is 0 Å². The zero-order valence-corrected chi connectivity index (χ0v) is 18.2. The number of aryl methyl sites for hydroxylation is 2. The van der Waals surface area contributed by atoms with Gasteiger partial charge in [0.05, 0.1) is 11.1 Å². The zero-order chi connectivity index (χ0) is 19.9. The number of anilines is 1. The molecule has 1 N–H and O–H groups in total. The summed E-state index contributed by atoms with van der Waals surface area (Å²) in [6.45, 7) is 8.00. The third kappa shape index (κ3) is 5.29. The predicted molar refractivity (Wildman–Crippen MR) is 119 cm³/mol. The van der Waals surface area contributed by atoms with Crippen molar-refractivity contribution in [3.05, 3.63) is 87.4 Å². The van der Waals surface area contributed by atoms with Gasteiger partial charge in [0.2, 0.25) is 0 Å². The van der Waals surface area contributed by atoms with Crippen LogP contribution < -0.4 is 14.8 Å². The smallest absolute Gasteiger partial charge is 0.175 e. The predicted octanol–water partition coefficient (Wildman–Crippen LogP) is 6.66. The van der Waals surface area contributed by atoms with Crippen molar-refractivity contribution in [2.45, 2.75) is 33.9 Å². The second kappa shape index (κ2) is 9.65. The van der Waals surface area contributed by atoms with Crippen LogP contribution in [-0.4, -0.2) is 6.61 Å². The lowest BCUT2D eigenvalue weighted by Gasteiger charge is -2.17. The van der Waals surface area contributed by atoms with E-state index in [-0.39, 0.29) is 0 Å². The van der Waals surface area contributed by atoms with E-state index in [1.165, 1.54) is 11.1 Å². The topological polar surface area (TPSA) is 30.5 Å². The molecule has 0 aliphatic rings. The molecule has 0 aliphatic heterocycles. The Hall–Kier alpha value is -2.46. The van der Waals surface area contributed by atoms with Crippen LogP contribution in [-0.2, 0) is 13.2 Å². The Balaban J connectivity index is 1.77. The van der Waals surface area contributed by atoms with Crippen molar-refractivity contribution >= 4 is 21.6 Å². The fraction of sp³-hybridized carbons (Fsp3) is 0.250. The van der Waals surface area contributed by atoms with Crippen LogP contribution in [0.4, 0.5) is 5.69 Å². The van der Waals surface area contributed by atoms with Gasteiger partial charge in [-0.15, -0.1) is 0 Å². The van der Waals surface area contributed by atoms with Crippen LogP contribution in [0.2, 0.25) is 0 Å². The largest absolute Gasteiger partial charge is 0.490 e. The first-order chi connectivity index (χ1) is 13.6. The van der Waals surface area contributed by atoms with E-state index in [2.05, 4.69) is 71.5 Å². The van der Waals surface area contributed by atoms with E-state index in [0.717, 1.165) is 32.8 Å². The molecule has 3 nitrogen and oxygen atoms in total. The molecule has 28 heavy (non-hydrogen) atoms. The minimum atomic E-state index is 0.500. The number of halogens is 1. The van der Waals surface area contributed by atoms with Crippen LogP contribution in [0.3, 0.4) is 0 Å². The van der Waals surface area contributed by atoms with Gasteiger partial charge >= 0.3 is 0 Å². The number of benzene rings is 3. The summed E-state index contributed by atoms with van der Waals surface area (Å²) in [5, 5.41) is 3.53. The lowest BCUT2D eigenvalue weighted by molar-refractivity contribution is 0.267. The highest BCUT2D eigenvalue weighted by molar-refractivity contribution is 9.10. The highest BCUT2D eigenvalue weighted by atomic mass is 79.9. The molecule has 0 spiro atoms. The molecule has 0 fully saturated rings. The summed E-state index contributed by atoms with van der Waals surface area (Å²) in [5.74, 6) is 1.49. The Morgan fingerprint density at radius 1 is 0.893 bits per heavy atom. The first-order valence-corrected chi connectivity index (χ1v) is 10.3. The second-order valence-corrected chi connectivity index (χ2v) is 7.64. The fourth-order valence-electron chi connectivity index (χ4n) is 2.98. The highest BCUT2D eigenvalue weighted by Gasteiger charge is 2.13. The molecule has 0 heterocycles. The summed E-state index contributed by atoms with van der Waals surface area (Å²) in [6.07, 6.45) is 0. The fourth-order valence-corrected chi connectivity index (χ4v) is 3.58. The molecule has 0 bridgehead atoms. The van der Waals surface area contributed by atoms with Gasteiger partial charge in [-0.05, 0) is 77.2 Å². The van der Waals surface area contributed by atoms with E-state index in [4.69, 9.17) is 9.47 Å². The second-order valence-electron chi connectivity index (χ2n) is 6.78. The number of nitrogens with one attached hydrogen (secondary N) is 1. The summed E-state index contributed by atoms with van der Waals surface area (Å²) in [4.78, 5) is 0. The van der Waals surface area contributed by atoms with Crippen molar-refractivity contribution in [3.63, 3.8) is 0 Å². The molecule has 0 atom stereocenters. The van der Waals surface area contributed by atoms with Gasteiger partial charge in [0, 0.05) is 12.2 Å². The summed E-state index contributed by atoms with van der Waals surface area (Å²) in [7, 11) is 0. The minimum absolute atomic E-state index is 0.500. The molecule has 146 valence electrons. The van der Waals surface area contributed by atoms with Crippen molar-refractivity contribution in [2.24, 2.45) is 0 Å². The normalized spacial score (nSPS) is 10.6. The quantitative estimate of drug-likeness (QED) is 0.425. The van der Waals surface area contributed by atoms with Gasteiger partial charge in [0.25, 0.3) is 0 Å². The van der Waals surface area contributed by atoms with Crippen LogP contribution in [0.5, 0.6) is 11.5 Å². The van der Waals surface area contributed by atoms with E-state index in [1.54, 1.807) is 0 Å². The third-order valence-electron chi connectivity index (χ3n) is 4.47. The van der Waals surface area contributed by atoms with Gasteiger partial charge in [-0.2, -0.15) is 0 Å². The number of hydrogen-bond donors (Lipinski definition) is 1. The molecule has 3 aromatic rings. The maximum absolute atomic E-state index is 6.07. The number of ether oxygens (including phenoxy) is 2. The molecule has 0 saturated carbocycles. The standard InChI is InChI=1S/C24H26BrNO2/c1-4-27-23-14-20(15-26-22-12-17(2)10-11-18(22)3)13-21(25)24(23)28-16-19-8-6-5-7-9-19/h5-14,26H,4,15-16H2,1-3H3. The van der Waals surface area contributed by atoms with E-state index in [1.807, 2.05) is 31.2 Å². The van der Waals surface area contributed by atoms with Gasteiger partial charge in [-0.25, -0.2) is 0 Å². The molecule has 0 amide bonds. The van der Waals surface area contributed by atoms with Crippen molar-refractivity contribution in [1.82, 2.24) is 0 Å². The lowest BCUT2D eigenvalue weighted by atomic mass is 10.1. The van der Waals surface area contributed by atoms with Gasteiger partial charge in [-0.3, -0.25) is 0 Å². The average Bonchev–Trinajstić information content (AvgIpc) is 2.69. The molecular formula is C24H26BrNO2. The summed E-state index contributed by atoms with van der Waals surface area (Å²) < 4.78 is 12.8. The van der Waals surface area contributed by atoms with Gasteiger partial charge in [-0.1, -0.05) is 42.5 Å². The summed E-state index contributed by atoms with van der Waals surface area (Å²) >= 11 is 3.66. The molecule has 0 unspecified atom stereocenters. The van der Waals surface area contributed by atoms with Gasteiger partial charge < -0.3 is 14.8 Å². The van der Waals surface area contributed by atoms with Crippen LogP contribution >= 0.6 is 15.9 Å². The molecule has 0 aromatic heterocycles. The van der Waals surface area contributed by atoms with E-state index in [9.17, 15) is 0 Å². The maximum atomic E-state index is 6.07. The van der Waals surface area contributed by atoms with Gasteiger partial charge in [0.1, 0.15) is 6.61 Å². The number of hydrogen-bond acceptors (Lipinski definition) is 3. The van der Waals surface area contributed by atoms with E-state index in [0.29, 0.717) is 19.8 Å². The summed E-state index contributed by atoms with van der Waals surface area (Å²) in [6, 6.07) is 20.7. The van der Waals surface area contributed by atoms with Crippen LogP contribution in [0.15, 0.2) is 65.1 Å². The van der Waals surface area contributed by atoms with Crippen LogP contribution in [0.1, 0.15) is 29.2 Å². The van der Waals surface area contributed by atoms with Gasteiger partial charge in [0.15, 0.2) is 11.5 Å². The molecule has 3 aromatic carbocycles. The average molecular weight is 440 g/mol. The Morgan fingerprint density at radius 3 is 2.43 bits per heavy atom.